The number of Topliss-reactive ketones (excluding diaryl/α,β-unsaturated/α-hetero) is 3. The van der Waals surface area contributed by atoms with Crippen molar-refractivity contribution in [3.63, 3.8) is 0 Å². The summed E-state index contributed by atoms with van der Waals surface area (Å²) in [7, 11) is 0. The van der Waals surface area contributed by atoms with Crippen molar-refractivity contribution in [2.24, 2.45) is 5.41 Å². The summed E-state index contributed by atoms with van der Waals surface area (Å²) >= 11 is 0. The molecule has 1 aliphatic rings. The Hall–Kier alpha value is -3.08. The van der Waals surface area contributed by atoms with Gasteiger partial charge >= 0.3 is 0 Å². The predicted octanol–water partition coefficient (Wildman–Crippen LogP) is 3.34. The maximum Gasteiger partial charge on any atom is 0.237 e. The molecule has 28 heavy (non-hydrogen) atoms. The molecule has 0 bridgehead atoms. The number of likely N-dealkylation sites (tertiary alicyclic amines) is 1. The Labute approximate surface area is 164 Å². The molecule has 1 heterocycles. The van der Waals surface area contributed by atoms with E-state index in [0.717, 1.165) is 0 Å². The molecule has 2 aromatic carbocycles. The normalized spacial score (nSPS) is 16.1. The summed E-state index contributed by atoms with van der Waals surface area (Å²) < 4.78 is 0. The van der Waals surface area contributed by atoms with Crippen LogP contribution in [0.1, 0.15) is 46.9 Å². The summed E-state index contributed by atoms with van der Waals surface area (Å²) in [6.45, 7) is 2.60. The topological polar surface area (TPSA) is 71.5 Å². The van der Waals surface area contributed by atoms with Crippen molar-refractivity contribution in [1.29, 1.82) is 0 Å². The van der Waals surface area contributed by atoms with E-state index in [1.54, 1.807) is 65.6 Å². The highest BCUT2D eigenvalue weighted by Gasteiger charge is 2.52. The van der Waals surface area contributed by atoms with Gasteiger partial charge in [-0.1, -0.05) is 60.7 Å². The van der Waals surface area contributed by atoms with E-state index in [0.29, 0.717) is 24.2 Å². The van der Waals surface area contributed by atoms with Crippen LogP contribution in [0.25, 0.3) is 0 Å². The third kappa shape index (κ3) is 3.79. The van der Waals surface area contributed by atoms with Crippen LogP contribution in [0.4, 0.5) is 0 Å². The molecule has 2 aromatic rings. The maximum atomic E-state index is 13.2. The lowest BCUT2D eigenvalue weighted by atomic mass is 9.69. The third-order valence-corrected chi connectivity index (χ3v) is 5.34. The number of piperidine rings is 1. The Balaban J connectivity index is 1.98. The fraction of sp³-hybridized carbons (Fsp3) is 0.304. The molecular formula is C23H23NO4. The van der Waals surface area contributed by atoms with E-state index in [9.17, 15) is 19.2 Å². The van der Waals surface area contributed by atoms with Gasteiger partial charge in [0, 0.05) is 43.5 Å². The van der Waals surface area contributed by atoms with Crippen LogP contribution in [0.15, 0.2) is 60.7 Å². The molecule has 0 saturated carbocycles. The summed E-state index contributed by atoms with van der Waals surface area (Å²) in [4.78, 5) is 53.5. The molecule has 0 atom stereocenters. The highest BCUT2D eigenvalue weighted by molar-refractivity contribution is 6.16. The highest BCUT2D eigenvalue weighted by atomic mass is 16.2. The molecule has 1 amide bonds. The van der Waals surface area contributed by atoms with E-state index >= 15 is 0 Å². The van der Waals surface area contributed by atoms with Crippen molar-refractivity contribution < 1.29 is 19.2 Å². The molecule has 0 unspecified atom stereocenters. The number of hydrogen-bond donors (Lipinski definition) is 0. The van der Waals surface area contributed by atoms with Gasteiger partial charge in [-0.05, 0) is 6.92 Å². The van der Waals surface area contributed by atoms with Crippen molar-refractivity contribution in [2.75, 3.05) is 13.1 Å². The van der Waals surface area contributed by atoms with Gasteiger partial charge in [-0.25, -0.2) is 0 Å². The second-order valence-corrected chi connectivity index (χ2v) is 7.07. The zero-order valence-electron chi connectivity index (χ0n) is 15.9. The molecule has 3 rings (SSSR count). The molecule has 1 aliphatic heterocycles. The third-order valence-electron chi connectivity index (χ3n) is 5.34. The van der Waals surface area contributed by atoms with E-state index in [-0.39, 0.29) is 36.6 Å². The first kappa shape index (κ1) is 19.7. The lowest BCUT2D eigenvalue weighted by Gasteiger charge is -2.39. The number of carbonyl (C=O) groups is 4. The van der Waals surface area contributed by atoms with Crippen molar-refractivity contribution in [3.05, 3.63) is 71.8 Å². The number of benzene rings is 2. The van der Waals surface area contributed by atoms with Gasteiger partial charge in [-0.15, -0.1) is 0 Å². The van der Waals surface area contributed by atoms with Crippen LogP contribution < -0.4 is 0 Å². The zero-order valence-corrected chi connectivity index (χ0v) is 15.9. The number of ketones is 3. The van der Waals surface area contributed by atoms with Gasteiger partial charge in [0.15, 0.2) is 17.3 Å². The van der Waals surface area contributed by atoms with Gasteiger partial charge in [0.1, 0.15) is 5.41 Å². The molecule has 0 spiro atoms. The highest BCUT2D eigenvalue weighted by Crippen LogP contribution is 2.37. The lowest BCUT2D eigenvalue weighted by molar-refractivity contribution is -0.154. The van der Waals surface area contributed by atoms with E-state index in [2.05, 4.69) is 0 Å². The van der Waals surface area contributed by atoms with Crippen LogP contribution in [0.5, 0.6) is 0 Å². The fourth-order valence-electron chi connectivity index (χ4n) is 3.71. The molecule has 1 saturated heterocycles. The predicted molar refractivity (Wildman–Crippen MR) is 105 cm³/mol. The zero-order chi connectivity index (χ0) is 20.1. The van der Waals surface area contributed by atoms with Crippen molar-refractivity contribution in [2.45, 2.75) is 26.2 Å². The molecule has 0 N–H and O–H groups in total. The first-order valence-electron chi connectivity index (χ1n) is 9.47. The van der Waals surface area contributed by atoms with E-state index in [1.807, 2.05) is 6.92 Å². The molecular weight excluding hydrogens is 354 g/mol. The van der Waals surface area contributed by atoms with Gasteiger partial charge in [0.2, 0.25) is 5.91 Å². The molecule has 144 valence electrons. The number of hydrogen-bond acceptors (Lipinski definition) is 4. The SMILES string of the molecule is CCN1CCC(=O)C(CC(=O)c2ccccc2)(CC(=O)c2ccccc2)C1=O. The minimum atomic E-state index is -1.63. The quantitative estimate of drug-likeness (QED) is 0.548. The van der Waals surface area contributed by atoms with Gasteiger partial charge < -0.3 is 4.90 Å². The second kappa shape index (κ2) is 8.30. The fourth-order valence-corrected chi connectivity index (χ4v) is 3.71. The Morgan fingerprint density at radius 2 is 1.32 bits per heavy atom. The summed E-state index contributed by atoms with van der Waals surface area (Å²) in [5.74, 6) is -1.35. The minimum absolute atomic E-state index is 0.156. The largest absolute Gasteiger partial charge is 0.342 e. The van der Waals surface area contributed by atoms with E-state index in [1.165, 1.54) is 0 Å². The van der Waals surface area contributed by atoms with Crippen molar-refractivity contribution >= 4 is 23.3 Å². The van der Waals surface area contributed by atoms with Crippen LogP contribution in [-0.4, -0.2) is 41.2 Å². The molecule has 5 nitrogen and oxygen atoms in total. The Morgan fingerprint density at radius 3 is 1.75 bits per heavy atom. The molecule has 1 fully saturated rings. The first-order valence-corrected chi connectivity index (χ1v) is 9.47. The van der Waals surface area contributed by atoms with Crippen molar-refractivity contribution in [3.8, 4) is 0 Å². The van der Waals surface area contributed by atoms with E-state index in [4.69, 9.17) is 0 Å². The van der Waals surface area contributed by atoms with Gasteiger partial charge in [0.05, 0.1) is 0 Å². The molecule has 0 radical (unpaired) electrons. The Morgan fingerprint density at radius 1 is 0.857 bits per heavy atom. The van der Waals surface area contributed by atoms with Crippen LogP contribution in [0, 0.1) is 5.41 Å². The van der Waals surface area contributed by atoms with Crippen LogP contribution in [0.2, 0.25) is 0 Å². The number of rotatable bonds is 7. The van der Waals surface area contributed by atoms with Crippen molar-refractivity contribution in [1.82, 2.24) is 4.90 Å². The second-order valence-electron chi connectivity index (χ2n) is 7.07. The number of nitrogens with zero attached hydrogens (tertiary/aromatic N) is 1. The minimum Gasteiger partial charge on any atom is -0.342 e. The van der Waals surface area contributed by atoms with Crippen LogP contribution >= 0.6 is 0 Å². The summed E-state index contributed by atoms with van der Waals surface area (Å²) in [5.41, 5.74) is -0.764. The van der Waals surface area contributed by atoms with Gasteiger partial charge in [-0.2, -0.15) is 0 Å². The molecule has 0 aliphatic carbocycles. The smallest absolute Gasteiger partial charge is 0.237 e. The first-order chi connectivity index (χ1) is 13.5. The van der Waals surface area contributed by atoms with E-state index < -0.39 is 11.3 Å². The monoisotopic (exact) mass is 377 g/mol. The van der Waals surface area contributed by atoms with Gasteiger partial charge in [-0.3, -0.25) is 19.2 Å². The number of carbonyl (C=O) groups excluding carboxylic acids is 4. The Kier molecular flexibility index (Phi) is 5.83. The van der Waals surface area contributed by atoms with Gasteiger partial charge in [0.25, 0.3) is 0 Å². The van der Waals surface area contributed by atoms with Crippen LogP contribution in [-0.2, 0) is 9.59 Å². The average Bonchev–Trinajstić information content (AvgIpc) is 2.73. The molecule has 5 heteroatoms. The summed E-state index contributed by atoms with van der Waals surface area (Å²) in [6, 6.07) is 17.2. The maximum absolute atomic E-state index is 13.2. The van der Waals surface area contributed by atoms with Crippen LogP contribution in [0.3, 0.4) is 0 Å². The summed E-state index contributed by atoms with van der Waals surface area (Å²) in [5, 5.41) is 0. The average molecular weight is 377 g/mol. The Bertz CT molecular complexity index is 836. The standard InChI is InChI=1S/C23H23NO4/c1-2-24-14-13-21(27)23(22(24)28,15-19(25)17-9-5-3-6-10-17)16-20(26)18-11-7-4-8-12-18/h3-12H,2,13-16H2,1H3. The summed E-state index contributed by atoms with van der Waals surface area (Å²) in [6.07, 6.45) is -0.419. The molecule has 0 aromatic heterocycles. The number of amides is 1. The lowest BCUT2D eigenvalue weighted by Crippen LogP contribution is -2.55.